The number of nitrogens with one attached hydrogen (secondary N) is 2. The Morgan fingerprint density at radius 2 is 1.93 bits per heavy atom. The van der Waals surface area contributed by atoms with E-state index in [1.54, 1.807) is 34.9 Å². The highest BCUT2D eigenvalue weighted by atomic mass is 32.1. The van der Waals surface area contributed by atoms with Crippen LogP contribution in [0.1, 0.15) is 27.8 Å². The number of rotatable bonds is 6. The molecule has 0 radical (unpaired) electrons. The minimum absolute atomic E-state index is 0.241. The minimum atomic E-state index is -0.487. The number of hydrogen-bond acceptors (Lipinski definition) is 7. The van der Waals surface area contributed by atoms with Crippen LogP contribution in [0.15, 0.2) is 40.4 Å². The molecule has 3 aromatic rings. The van der Waals surface area contributed by atoms with Crippen molar-refractivity contribution in [3.8, 4) is 22.1 Å². The molecule has 0 aliphatic rings. The van der Waals surface area contributed by atoms with E-state index in [0.717, 1.165) is 10.6 Å². The summed E-state index contributed by atoms with van der Waals surface area (Å²) in [5, 5.41) is 6.31. The van der Waals surface area contributed by atoms with Gasteiger partial charge in [-0.15, -0.1) is 11.3 Å². The summed E-state index contributed by atoms with van der Waals surface area (Å²) in [4.78, 5) is 28.8. The van der Waals surface area contributed by atoms with Crippen LogP contribution in [0.25, 0.3) is 10.6 Å². The molecule has 0 saturated heterocycles. The van der Waals surface area contributed by atoms with Gasteiger partial charge in [0.25, 0.3) is 11.8 Å². The topological polar surface area (TPSA) is 89.6 Å². The molecule has 2 amide bonds. The van der Waals surface area contributed by atoms with Crippen molar-refractivity contribution in [1.29, 1.82) is 0 Å². The summed E-state index contributed by atoms with van der Waals surface area (Å²) in [7, 11) is 1.49. The van der Waals surface area contributed by atoms with Gasteiger partial charge in [-0.25, -0.2) is 4.98 Å². The highest BCUT2D eigenvalue weighted by Crippen LogP contribution is 2.28. The Hall–Kier alpha value is -2.91. The van der Waals surface area contributed by atoms with Crippen LogP contribution in [-0.2, 0) is 0 Å². The third kappa shape index (κ3) is 4.44. The molecule has 0 saturated carbocycles. The lowest BCUT2D eigenvalue weighted by Gasteiger charge is -2.11. The lowest BCUT2D eigenvalue weighted by Crippen LogP contribution is -2.41. The fourth-order valence-corrected chi connectivity index (χ4v) is 3.74. The van der Waals surface area contributed by atoms with Gasteiger partial charge in [0, 0.05) is 21.9 Å². The predicted octanol–water partition coefficient (Wildman–Crippen LogP) is 3.35. The standard InChI is InChI=1S/C18H17N3O4S2/c1-3-25-14-5-4-11(8-15(14)24-2)16(22)20-21-17(23)13-10-27-18(19-13)12-6-7-26-9-12/h4-10H,3H2,1-2H3,(H,20,22)(H,21,23). The van der Waals surface area contributed by atoms with Crippen molar-refractivity contribution in [2.45, 2.75) is 6.92 Å². The number of aromatic nitrogens is 1. The zero-order valence-corrected chi connectivity index (χ0v) is 16.3. The van der Waals surface area contributed by atoms with Gasteiger partial charge in [-0.3, -0.25) is 20.4 Å². The van der Waals surface area contributed by atoms with E-state index in [9.17, 15) is 9.59 Å². The summed E-state index contributed by atoms with van der Waals surface area (Å²) in [5.74, 6) is 0.0247. The molecule has 2 aromatic heterocycles. The zero-order valence-electron chi connectivity index (χ0n) is 14.6. The Bertz CT molecular complexity index is 938. The van der Waals surface area contributed by atoms with E-state index in [4.69, 9.17) is 9.47 Å². The molecule has 0 unspecified atom stereocenters. The number of thiazole rings is 1. The smallest absolute Gasteiger partial charge is 0.289 e. The number of methoxy groups -OCH3 is 1. The van der Waals surface area contributed by atoms with Crippen molar-refractivity contribution in [1.82, 2.24) is 15.8 Å². The van der Waals surface area contributed by atoms with Crippen LogP contribution in [0, 0.1) is 0 Å². The first-order valence-corrected chi connectivity index (χ1v) is 9.84. The summed E-state index contributed by atoms with van der Waals surface area (Å²) in [6.07, 6.45) is 0. The molecule has 0 atom stereocenters. The van der Waals surface area contributed by atoms with Crippen molar-refractivity contribution >= 4 is 34.5 Å². The molecule has 27 heavy (non-hydrogen) atoms. The first-order valence-electron chi connectivity index (χ1n) is 8.02. The Morgan fingerprint density at radius 1 is 1.11 bits per heavy atom. The van der Waals surface area contributed by atoms with Gasteiger partial charge < -0.3 is 9.47 Å². The lowest BCUT2D eigenvalue weighted by atomic mass is 10.2. The average molecular weight is 403 g/mol. The summed E-state index contributed by atoms with van der Waals surface area (Å²) in [6.45, 7) is 2.34. The molecule has 0 fully saturated rings. The van der Waals surface area contributed by atoms with Crippen LogP contribution in [0.5, 0.6) is 11.5 Å². The van der Waals surface area contributed by atoms with Gasteiger partial charge in [-0.1, -0.05) is 0 Å². The molecule has 7 nitrogen and oxygen atoms in total. The number of benzene rings is 1. The Morgan fingerprint density at radius 3 is 2.63 bits per heavy atom. The molecule has 2 N–H and O–H groups in total. The van der Waals surface area contributed by atoms with E-state index < -0.39 is 11.8 Å². The second-order valence-corrected chi connectivity index (χ2v) is 6.89. The lowest BCUT2D eigenvalue weighted by molar-refractivity contribution is 0.0844. The van der Waals surface area contributed by atoms with Crippen molar-refractivity contribution in [2.24, 2.45) is 0 Å². The van der Waals surface area contributed by atoms with Crippen molar-refractivity contribution < 1.29 is 19.1 Å². The molecule has 1 aromatic carbocycles. The second-order valence-electron chi connectivity index (χ2n) is 5.26. The van der Waals surface area contributed by atoms with E-state index in [-0.39, 0.29) is 5.69 Å². The zero-order chi connectivity index (χ0) is 19.2. The van der Waals surface area contributed by atoms with Crippen LogP contribution in [0.4, 0.5) is 0 Å². The van der Waals surface area contributed by atoms with Crippen molar-refractivity contribution in [3.05, 3.63) is 51.7 Å². The number of nitrogens with zero attached hydrogens (tertiary/aromatic N) is 1. The van der Waals surface area contributed by atoms with Crippen LogP contribution in [0.2, 0.25) is 0 Å². The van der Waals surface area contributed by atoms with E-state index in [0.29, 0.717) is 23.7 Å². The van der Waals surface area contributed by atoms with Gasteiger partial charge in [-0.05, 0) is 36.6 Å². The van der Waals surface area contributed by atoms with E-state index >= 15 is 0 Å². The van der Waals surface area contributed by atoms with E-state index in [1.807, 2.05) is 23.8 Å². The molecule has 0 aliphatic heterocycles. The highest BCUT2D eigenvalue weighted by Gasteiger charge is 2.15. The SMILES string of the molecule is CCOc1ccc(C(=O)NNC(=O)c2csc(-c3ccsc3)n2)cc1OC. The average Bonchev–Trinajstić information content (AvgIpc) is 3.37. The number of thiophene rings is 1. The maximum atomic E-state index is 12.3. The number of ether oxygens (including phenoxy) is 2. The number of carbonyl (C=O) groups is 2. The Balaban J connectivity index is 1.62. The highest BCUT2D eigenvalue weighted by molar-refractivity contribution is 7.14. The molecule has 0 bridgehead atoms. The summed E-state index contributed by atoms with van der Waals surface area (Å²) >= 11 is 2.93. The molecule has 2 heterocycles. The minimum Gasteiger partial charge on any atom is -0.493 e. The molecule has 3 rings (SSSR count). The van der Waals surface area contributed by atoms with Crippen LogP contribution in [-0.4, -0.2) is 30.5 Å². The van der Waals surface area contributed by atoms with Crippen LogP contribution >= 0.6 is 22.7 Å². The van der Waals surface area contributed by atoms with Gasteiger partial charge >= 0.3 is 0 Å². The summed E-state index contributed by atoms with van der Waals surface area (Å²) < 4.78 is 10.6. The van der Waals surface area contributed by atoms with Crippen molar-refractivity contribution in [3.63, 3.8) is 0 Å². The molecular weight excluding hydrogens is 386 g/mol. The Labute approximate surface area is 163 Å². The number of carbonyl (C=O) groups excluding carboxylic acids is 2. The number of hydrazine groups is 1. The summed E-state index contributed by atoms with van der Waals surface area (Å²) in [6, 6.07) is 6.72. The van der Waals surface area contributed by atoms with Crippen molar-refractivity contribution in [2.75, 3.05) is 13.7 Å². The first-order chi connectivity index (χ1) is 13.1. The fraction of sp³-hybridized carbons (Fsp3) is 0.167. The van der Waals surface area contributed by atoms with Gasteiger partial charge in [0.1, 0.15) is 10.7 Å². The first kappa shape index (κ1) is 18.9. The fourth-order valence-electron chi connectivity index (χ4n) is 2.23. The summed E-state index contributed by atoms with van der Waals surface area (Å²) in [5.41, 5.74) is 6.28. The molecule has 140 valence electrons. The maximum Gasteiger partial charge on any atom is 0.289 e. The van der Waals surface area contributed by atoms with Gasteiger partial charge in [0.05, 0.1) is 13.7 Å². The van der Waals surface area contributed by atoms with Crippen LogP contribution in [0.3, 0.4) is 0 Å². The maximum absolute atomic E-state index is 12.3. The Kier molecular flexibility index (Phi) is 6.05. The van der Waals surface area contributed by atoms with Gasteiger partial charge in [0.2, 0.25) is 0 Å². The number of hydrogen-bond donors (Lipinski definition) is 2. The number of amides is 2. The third-order valence-electron chi connectivity index (χ3n) is 3.52. The largest absolute Gasteiger partial charge is 0.493 e. The quantitative estimate of drug-likeness (QED) is 0.616. The normalized spacial score (nSPS) is 10.3. The second kappa shape index (κ2) is 8.65. The molecule has 9 heteroatoms. The van der Waals surface area contributed by atoms with Crippen LogP contribution < -0.4 is 20.3 Å². The van der Waals surface area contributed by atoms with Gasteiger partial charge in [0.15, 0.2) is 11.5 Å². The molecule has 0 aliphatic carbocycles. The van der Waals surface area contributed by atoms with Gasteiger partial charge in [-0.2, -0.15) is 11.3 Å². The third-order valence-corrected chi connectivity index (χ3v) is 5.09. The van der Waals surface area contributed by atoms with E-state index in [1.165, 1.54) is 18.4 Å². The van der Waals surface area contributed by atoms with E-state index in [2.05, 4.69) is 15.8 Å². The monoisotopic (exact) mass is 403 g/mol. The molecule has 0 spiro atoms. The molecular formula is C18H17N3O4S2. The predicted molar refractivity (Wildman–Crippen MR) is 105 cm³/mol.